The Hall–Kier alpha value is -2.44. The number of nitrogens with zero attached hydrogens (tertiary/aromatic N) is 2. The first-order valence-corrected chi connectivity index (χ1v) is 8.66. The third kappa shape index (κ3) is 8.19. The normalized spacial score (nSPS) is 16.3. The monoisotopic (exact) mass is 378 g/mol. The predicted molar refractivity (Wildman–Crippen MR) is 109 cm³/mol. The summed E-state index contributed by atoms with van der Waals surface area (Å²) in [7, 11) is 4.41. The van der Waals surface area contributed by atoms with Crippen LogP contribution in [0.5, 0.6) is 0 Å². The summed E-state index contributed by atoms with van der Waals surface area (Å²) in [6, 6.07) is 0. The minimum atomic E-state index is -0.591. The van der Waals surface area contributed by atoms with Gasteiger partial charge in [0.25, 0.3) is 5.91 Å². The van der Waals surface area contributed by atoms with Gasteiger partial charge in [-0.15, -0.1) is 0 Å². The maximum atomic E-state index is 14.2. The molecule has 2 N–H and O–H groups in total. The molecule has 0 atom stereocenters. The molecule has 1 rings (SSSR count). The summed E-state index contributed by atoms with van der Waals surface area (Å²) in [5.74, 6) is -0.657. The number of halogens is 1. The fourth-order valence-electron chi connectivity index (χ4n) is 2.22. The zero-order valence-electron chi connectivity index (χ0n) is 16.5. The van der Waals surface area contributed by atoms with E-state index in [1.807, 2.05) is 24.3 Å². The first-order valence-electron chi connectivity index (χ1n) is 8.66. The van der Waals surface area contributed by atoms with Gasteiger partial charge in [-0.1, -0.05) is 49.6 Å². The molecule has 0 fully saturated rings. The lowest BCUT2D eigenvalue weighted by Crippen LogP contribution is -2.35. The van der Waals surface area contributed by atoms with Gasteiger partial charge in [0.15, 0.2) is 5.83 Å². The lowest BCUT2D eigenvalue weighted by atomic mass is 10.1. The second-order valence-electron chi connectivity index (χ2n) is 5.80. The Morgan fingerprint density at radius 3 is 2.37 bits per heavy atom. The standard InChI is InChI=1S/C20H27FN2O2.CH4O/c1-5-17(15-24)19(21)16(2)22(3)13-14-23(4)20(25)18-11-9-7-6-8-10-12-18;1-2/h5-7,10-12,24H,1-2,8-9,13-15H2,3-4H3;2H,1H3/b7-6-,12-10-,18-11?,19-17-;. The third-order valence-corrected chi connectivity index (χ3v) is 3.99. The molecule has 150 valence electrons. The summed E-state index contributed by atoms with van der Waals surface area (Å²) in [5.41, 5.74) is 0.910. The second kappa shape index (κ2) is 13.7. The van der Waals surface area contributed by atoms with Gasteiger partial charge < -0.3 is 20.0 Å². The molecule has 0 radical (unpaired) electrons. The quantitative estimate of drug-likeness (QED) is 0.504. The zero-order chi connectivity index (χ0) is 20.8. The van der Waals surface area contributed by atoms with Crippen LogP contribution in [0, 0.1) is 0 Å². The Morgan fingerprint density at radius 2 is 1.78 bits per heavy atom. The average molecular weight is 378 g/mol. The van der Waals surface area contributed by atoms with Crippen LogP contribution in [0.2, 0.25) is 0 Å². The lowest BCUT2D eigenvalue weighted by molar-refractivity contribution is -0.125. The summed E-state index contributed by atoms with van der Waals surface area (Å²) < 4.78 is 14.2. The van der Waals surface area contributed by atoms with E-state index >= 15 is 0 Å². The number of carbonyl (C=O) groups excluding carboxylic acids is 1. The molecule has 1 amide bonds. The van der Waals surface area contributed by atoms with E-state index in [1.54, 1.807) is 23.9 Å². The van der Waals surface area contributed by atoms with Crippen molar-refractivity contribution in [1.29, 1.82) is 0 Å². The summed E-state index contributed by atoms with van der Waals surface area (Å²) in [6.07, 6.45) is 12.6. The molecule has 27 heavy (non-hydrogen) atoms. The van der Waals surface area contributed by atoms with E-state index in [9.17, 15) is 9.18 Å². The van der Waals surface area contributed by atoms with Gasteiger partial charge in [0.05, 0.1) is 12.3 Å². The molecule has 1 aliphatic carbocycles. The van der Waals surface area contributed by atoms with E-state index in [-0.39, 0.29) is 17.2 Å². The van der Waals surface area contributed by atoms with Crippen molar-refractivity contribution in [3.63, 3.8) is 0 Å². The van der Waals surface area contributed by atoms with Gasteiger partial charge in [-0.05, 0) is 12.8 Å². The highest BCUT2D eigenvalue weighted by Gasteiger charge is 2.15. The molecule has 0 aromatic heterocycles. The fourth-order valence-corrected chi connectivity index (χ4v) is 2.22. The van der Waals surface area contributed by atoms with E-state index in [0.29, 0.717) is 18.7 Å². The van der Waals surface area contributed by atoms with Crippen molar-refractivity contribution >= 4 is 5.91 Å². The molecule has 0 aromatic carbocycles. The molecule has 0 unspecified atom stereocenters. The van der Waals surface area contributed by atoms with Gasteiger partial charge in [0, 0.05) is 45.4 Å². The van der Waals surface area contributed by atoms with Crippen molar-refractivity contribution in [2.24, 2.45) is 0 Å². The highest BCUT2D eigenvalue weighted by atomic mass is 19.1. The smallest absolute Gasteiger partial charge is 0.253 e. The van der Waals surface area contributed by atoms with Gasteiger partial charge >= 0.3 is 0 Å². The van der Waals surface area contributed by atoms with Gasteiger partial charge in [0.1, 0.15) is 0 Å². The summed E-state index contributed by atoms with van der Waals surface area (Å²) in [6.45, 7) is 7.58. The van der Waals surface area contributed by atoms with Crippen LogP contribution in [0.4, 0.5) is 4.39 Å². The van der Waals surface area contributed by atoms with E-state index < -0.39 is 12.4 Å². The molecule has 0 saturated heterocycles. The largest absolute Gasteiger partial charge is 0.400 e. The molecule has 1 aliphatic rings. The van der Waals surface area contributed by atoms with Gasteiger partial charge in [0.2, 0.25) is 0 Å². The van der Waals surface area contributed by atoms with Crippen LogP contribution in [0.15, 0.2) is 72.3 Å². The number of aliphatic hydroxyl groups excluding tert-OH is 2. The Bertz CT molecular complexity index is 633. The van der Waals surface area contributed by atoms with Gasteiger partial charge in [-0.2, -0.15) is 0 Å². The minimum absolute atomic E-state index is 0.0660. The van der Waals surface area contributed by atoms with Crippen molar-refractivity contribution in [2.75, 3.05) is 40.9 Å². The van der Waals surface area contributed by atoms with Gasteiger partial charge in [-0.3, -0.25) is 4.79 Å². The number of amides is 1. The number of hydrogen-bond donors (Lipinski definition) is 2. The maximum Gasteiger partial charge on any atom is 0.253 e. The molecule has 0 heterocycles. The number of likely N-dealkylation sites (N-methyl/N-ethyl adjacent to an activating group) is 2. The molecule has 0 aromatic rings. The van der Waals surface area contributed by atoms with Crippen LogP contribution in [-0.2, 0) is 4.79 Å². The molecule has 0 bridgehead atoms. The van der Waals surface area contributed by atoms with E-state index in [4.69, 9.17) is 10.2 Å². The van der Waals surface area contributed by atoms with E-state index in [0.717, 1.165) is 20.0 Å². The fraction of sp³-hybridized carbons (Fsp3) is 0.381. The minimum Gasteiger partial charge on any atom is -0.400 e. The average Bonchev–Trinajstić information content (AvgIpc) is 2.66. The lowest BCUT2D eigenvalue weighted by Gasteiger charge is -2.25. The van der Waals surface area contributed by atoms with Crippen LogP contribution in [0.25, 0.3) is 0 Å². The van der Waals surface area contributed by atoms with Crippen LogP contribution in [0.1, 0.15) is 12.8 Å². The first-order chi connectivity index (χ1) is 12.9. The molecular weight excluding hydrogens is 347 g/mol. The predicted octanol–water partition coefficient (Wildman–Crippen LogP) is 2.73. The number of aliphatic hydroxyl groups is 2. The first kappa shape index (κ1) is 24.6. The van der Waals surface area contributed by atoms with Crippen LogP contribution < -0.4 is 0 Å². The van der Waals surface area contributed by atoms with Crippen LogP contribution in [-0.4, -0.2) is 66.8 Å². The van der Waals surface area contributed by atoms with Crippen LogP contribution in [0.3, 0.4) is 0 Å². The SMILES string of the molecule is C=C/C(CO)=C(/F)C(=C)N(C)CCN(C)C(=O)C1=CC/C=C\C/C=C\1.CO. The molecule has 6 heteroatoms. The molecule has 0 spiro atoms. The maximum absolute atomic E-state index is 14.2. The number of hydrogen-bond acceptors (Lipinski definition) is 4. The van der Waals surface area contributed by atoms with Crippen molar-refractivity contribution in [3.05, 3.63) is 72.3 Å². The van der Waals surface area contributed by atoms with Crippen molar-refractivity contribution in [1.82, 2.24) is 9.80 Å². The second-order valence-corrected chi connectivity index (χ2v) is 5.80. The summed E-state index contributed by atoms with van der Waals surface area (Å²) in [4.78, 5) is 15.7. The van der Waals surface area contributed by atoms with Crippen LogP contribution >= 0.6 is 0 Å². The Labute approximate surface area is 161 Å². The number of allylic oxidation sites excluding steroid dienone is 5. The Kier molecular flexibility index (Phi) is 12.5. The Morgan fingerprint density at radius 1 is 1.19 bits per heavy atom. The molecule has 5 nitrogen and oxygen atoms in total. The third-order valence-electron chi connectivity index (χ3n) is 3.99. The molecule has 0 saturated carbocycles. The topological polar surface area (TPSA) is 64.0 Å². The van der Waals surface area contributed by atoms with E-state index in [2.05, 4.69) is 19.2 Å². The van der Waals surface area contributed by atoms with Crippen molar-refractivity contribution < 1.29 is 19.4 Å². The molecule has 0 aliphatic heterocycles. The summed E-state index contributed by atoms with van der Waals surface area (Å²) >= 11 is 0. The Balaban J connectivity index is 0.00000326. The molecular formula is C21H31FN2O3. The van der Waals surface area contributed by atoms with E-state index in [1.165, 1.54) is 6.08 Å². The highest BCUT2D eigenvalue weighted by Crippen LogP contribution is 2.18. The van der Waals surface area contributed by atoms with Crippen molar-refractivity contribution in [3.8, 4) is 0 Å². The summed E-state index contributed by atoms with van der Waals surface area (Å²) in [5, 5.41) is 16.1. The van der Waals surface area contributed by atoms with Gasteiger partial charge in [-0.25, -0.2) is 4.39 Å². The zero-order valence-corrected chi connectivity index (χ0v) is 16.5. The highest BCUT2D eigenvalue weighted by molar-refractivity contribution is 5.96. The van der Waals surface area contributed by atoms with Crippen molar-refractivity contribution in [2.45, 2.75) is 12.8 Å². The number of rotatable bonds is 8. The number of carbonyl (C=O) groups is 1.